The van der Waals surface area contributed by atoms with Crippen molar-refractivity contribution in [3.63, 3.8) is 0 Å². The zero-order chi connectivity index (χ0) is 14.1. The molecule has 0 radical (unpaired) electrons. The zero-order valence-corrected chi connectivity index (χ0v) is 14.1. The van der Waals surface area contributed by atoms with E-state index in [0.29, 0.717) is 12.5 Å². The smallest absolute Gasteiger partial charge is 0.119 e. The van der Waals surface area contributed by atoms with Gasteiger partial charge < -0.3 is 10.1 Å². The van der Waals surface area contributed by atoms with Crippen molar-refractivity contribution in [3.8, 4) is 5.75 Å². The van der Waals surface area contributed by atoms with Gasteiger partial charge in [0, 0.05) is 23.4 Å². The third-order valence-electron chi connectivity index (χ3n) is 3.64. The van der Waals surface area contributed by atoms with E-state index in [4.69, 9.17) is 16.3 Å². The van der Waals surface area contributed by atoms with E-state index in [1.165, 1.54) is 0 Å². The molecule has 0 saturated heterocycles. The number of benzene rings is 1. The van der Waals surface area contributed by atoms with Crippen LogP contribution in [0.2, 0.25) is 0 Å². The van der Waals surface area contributed by atoms with Gasteiger partial charge in [0.2, 0.25) is 0 Å². The molecule has 0 saturated carbocycles. The van der Waals surface area contributed by atoms with Gasteiger partial charge in [-0.05, 0) is 42.5 Å². The second-order valence-corrected chi connectivity index (χ2v) is 6.00. The Balaban J connectivity index is 2.22. The number of rotatable bonds is 9. The van der Waals surface area contributed by atoms with Crippen LogP contribution in [0.25, 0.3) is 0 Å². The maximum absolute atomic E-state index is 6.07. The van der Waals surface area contributed by atoms with E-state index < -0.39 is 0 Å². The Hall–Kier alpha value is -0.250. The Labute approximate surface area is 130 Å². The van der Waals surface area contributed by atoms with Crippen molar-refractivity contribution in [2.45, 2.75) is 26.7 Å². The lowest BCUT2D eigenvalue weighted by molar-refractivity contribution is 0.263. The third kappa shape index (κ3) is 5.72. The van der Waals surface area contributed by atoms with E-state index >= 15 is 0 Å². The molecule has 0 aliphatic carbocycles. The van der Waals surface area contributed by atoms with Crippen LogP contribution in [0.3, 0.4) is 0 Å². The van der Waals surface area contributed by atoms with Gasteiger partial charge in [-0.1, -0.05) is 29.8 Å². The van der Waals surface area contributed by atoms with Crippen molar-refractivity contribution < 1.29 is 4.74 Å². The molecular weight excluding hydrogens is 326 g/mol. The van der Waals surface area contributed by atoms with Crippen LogP contribution in [0.4, 0.5) is 0 Å². The van der Waals surface area contributed by atoms with Gasteiger partial charge in [0.15, 0.2) is 0 Å². The first kappa shape index (κ1) is 16.8. The third-order valence-corrected chi connectivity index (χ3v) is 4.74. The summed E-state index contributed by atoms with van der Waals surface area (Å²) in [4.78, 5) is 0. The molecule has 0 heterocycles. The zero-order valence-electron chi connectivity index (χ0n) is 11.7. The Morgan fingerprint density at radius 1 is 1.21 bits per heavy atom. The monoisotopic (exact) mass is 347 g/mol. The van der Waals surface area contributed by atoms with E-state index in [-0.39, 0.29) is 5.41 Å². The Bertz CT molecular complexity index is 343. The maximum Gasteiger partial charge on any atom is 0.119 e. The van der Waals surface area contributed by atoms with E-state index in [1.54, 1.807) is 0 Å². The molecule has 0 aliphatic rings. The van der Waals surface area contributed by atoms with Crippen molar-refractivity contribution in [1.82, 2.24) is 5.32 Å². The standard InChI is InChI=1S/C15H23BrClNO/c1-3-15(4-2,11-17)12-18-9-10-19-14-7-5-13(16)6-8-14/h5-8,18H,3-4,9-12H2,1-2H3. The summed E-state index contributed by atoms with van der Waals surface area (Å²) in [6.07, 6.45) is 2.21. The number of alkyl halides is 1. The van der Waals surface area contributed by atoms with Gasteiger partial charge in [-0.2, -0.15) is 0 Å². The van der Waals surface area contributed by atoms with Gasteiger partial charge in [-0.15, -0.1) is 11.6 Å². The molecule has 2 nitrogen and oxygen atoms in total. The summed E-state index contributed by atoms with van der Waals surface area (Å²) in [6, 6.07) is 7.89. The molecule has 108 valence electrons. The average Bonchev–Trinajstić information content (AvgIpc) is 2.45. The molecule has 0 aromatic heterocycles. The molecule has 1 rings (SSSR count). The van der Waals surface area contributed by atoms with Gasteiger partial charge in [0.25, 0.3) is 0 Å². The molecular formula is C15H23BrClNO. The molecule has 1 aromatic carbocycles. The summed E-state index contributed by atoms with van der Waals surface area (Å²) < 4.78 is 6.73. The van der Waals surface area contributed by atoms with E-state index in [9.17, 15) is 0 Å². The fourth-order valence-electron chi connectivity index (χ4n) is 1.86. The summed E-state index contributed by atoms with van der Waals surface area (Å²) in [5, 5.41) is 3.44. The van der Waals surface area contributed by atoms with Crippen molar-refractivity contribution in [2.75, 3.05) is 25.6 Å². The SMILES string of the molecule is CCC(CC)(CCl)CNCCOc1ccc(Br)cc1. The first-order valence-corrected chi connectivity index (χ1v) is 8.13. The number of ether oxygens (including phenoxy) is 1. The number of hydrogen-bond donors (Lipinski definition) is 1. The fourth-order valence-corrected chi connectivity index (χ4v) is 2.60. The van der Waals surface area contributed by atoms with Crippen LogP contribution < -0.4 is 10.1 Å². The molecule has 0 atom stereocenters. The molecule has 0 amide bonds. The summed E-state index contributed by atoms with van der Waals surface area (Å²) in [6.45, 7) is 6.87. The Morgan fingerprint density at radius 2 is 1.84 bits per heavy atom. The normalized spacial score (nSPS) is 11.6. The molecule has 0 fully saturated rings. The van der Waals surface area contributed by atoms with Gasteiger partial charge in [-0.25, -0.2) is 0 Å². The Morgan fingerprint density at radius 3 is 2.37 bits per heavy atom. The predicted octanol–water partition coefficient (Wildman–Crippen LogP) is 4.46. The van der Waals surface area contributed by atoms with Crippen molar-refractivity contribution in [1.29, 1.82) is 0 Å². The van der Waals surface area contributed by atoms with Crippen LogP contribution in [-0.2, 0) is 0 Å². The van der Waals surface area contributed by atoms with Crippen molar-refractivity contribution in [2.24, 2.45) is 5.41 Å². The minimum Gasteiger partial charge on any atom is -0.492 e. The summed E-state index contributed by atoms with van der Waals surface area (Å²) in [5.74, 6) is 1.61. The van der Waals surface area contributed by atoms with Crippen LogP contribution in [0.15, 0.2) is 28.7 Å². The highest BCUT2D eigenvalue weighted by Crippen LogP contribution is 2.26. The number of hydrogen-bond acceptors (Lipinski definition) is 2. The van der Waals surface area contributed by atoms with E-state index in [1.807, 2.05) is 24.3 Å². The lowest BCUT2D eigenvalue weighted by Gasteiger charge is -2.29. The van der Waals surface area contributed by atoms with Crippen molar-refractivity contribution in [3.05, 3.63) is 28.7 Å². The van der Waals surface area contributed by atoms with Crippen molar-refractivity contribution >= 4 is 27.5 Å². The minimum atomic E-state index is 0.221. The van der Waals surface area contributed by atoms with E-state index in [0.717, 1.165) is 36.2 Å². The molecule has 0 spiro atoms. The lowest BCUT2D eigenvalue weighted by Crippen LogP contribution is -2.36. The number of nitrogens with one attached hydrogen (secondary N) is 1. The quantitative estimate of drug-likeness (QED) is 0.525. The summed E-state index contributed by atoms with van der Waals surface area (Å²) >= 11 is 9.48. The van der Waals surface area contributed by atoms with Gasteiger partial charge >= 0.3 is 0 Å². The topological polar surface area (TPSA) is 21.3 Å². The molecule has 19 heavy (non-hydrogen) atoms. The minimum absolute atomic E-state index is 0.221. The number of halogens is 2. The molecule has 1 aromatic rings. The summed E-state index contributed by atoms with van der Waals surface area (Å²) in [7, 11) is 0. The largest absolute Gasteiger partial charge is 0.492 e. The highest BCUT2D eigenvalue weighted by molar-refractivity contribution is 9.10. The molecule has 0 unspecified atom stereocenters. The molecule has 0 bridgehead atoms. The highest BCUT2D eigenvalue weighted by atomic mass is 79.9. The maximum atomic E-state index is 6.07. The van der Waals surface area contributed by atoms with Gasteiger partial charge in [-0.3, -0.25) is 0 Å². The lowest BCUT2D eigenvalue weighted by atomic mass is 9.84. The first-order chi connectivity index (χ1) is 9.15. The molecule has 0 aliphatic heterocycles. The fraction of sp³-hybridized carbons (Fsp3) is 0.600. The van der Waals surface area contributed by atoms with Crippen LogP contribution in [0.1, 0.15) is 26.7 Å². The second kappa shape index (κ2) is 8.83. The first-order valence-electron chi connectivity index (χ1n) is 6.81. The summed E-state index contributed by atoms with van der Waals surface area (Å²) in [5.41, 5.74) is 0.221. The van der Waals surface area contributed by atoms with Gasteiger partial charge in [0.1, 0.15) is 12.4 Å². The van der Waals surface area contributed by atoms with Crippen LogP contribution in [-0.4, -0.2) is 25.6 Å². The molecule has 4 heteroatoms. The highest BCUT2D eigenvalue weighted by Gasteiger charge is 2.24. The predicted molar refractivity (Wildman–Crippen MR) is 86.2 cm³/mol. The van der Waals surface area contributed by atoms with Crippen LogP contribution in [0.5, 0.6) is 5.75 Å². The second-order valence-electron chi connectivity index (χ2n) is 4.82. The Kier molecular flexibility index (Phi) is 7.81. The van der Waals surface area contributed by atoms with Gasteiger partial charge in [0.05, 0.1) is 0 Å². The van der Waals surface area contributed by atoms with Crippen LogP contribution >= 0.6 is 27.5 Å². The average molecular weight is 349 g/mol. The molecule has 1 N–H and O–H groups in total. The van der Waals surface area contributed by atoms with Crippen LogP contribution in [0, 0.1) is 5.41 Å². The van der Waals surface area contributed by atoms with E-state index in [2.05, 4.69) is 35.1 Å².